The van der Waals surface area contributed by atoms with Gasteiger partial charge < -0.3 is 5.73 Å². The van der Waals surface area contributed by atoms with Crippen molar-refractivity contribution in [2.45, 2.75) is 44.6 Å². The van der Waals surface area contributed by atoms with Crippen LogP contribution in [0.1, 0.15) is 37.9 Å². The summed E-state index contributed by atoms with van der Waals surface area (Å²) >= 11 is 0. The van der Waals surface area contributed by atoms with Gasteiger partial charge in [0.15, 0.2) is 0 Å². The van der Waals surface area contributed by atoms with Crippen molar-refractivity contribution in [3.63, 3.8) is 0 Å². The van der Waals surface area contributed by atoms with Crippen molar-refractivity contribution < 1.29 is 0 Å². The minimum atomic E-state index is 0.271. The van der Waals surface area contributed by atoms with E-state index in [1.807, 2.05) is 0 Å². The number of nitrogens with zero attached hydrogens (tertiary/aromatic N) is 2. The molecule has 1 unspecified atom stereocenters. The molecule has 1 aromatic rings. The van der Waals surface area contributed by atoms with Crippen LogP contribution in [0.4, 0.5) is 0 Å². The van der Waals surface area contributed by atoms with Gasteiger partial charge in [-0.15, -0.1) is 0 Å². The van der Waals surface area contributed by atoms with Crippen molar-refractivity contribution in [2.75, 3.05) is 0 Å². The summed E-state index contributed by atoms with van der Waals surface area (Å²) in [6.07, 6.45) is 9.75. The molecule has 3 N–H and O–H groups in total. The highest BCUT2D eigenvalue weighted by molar-refractivity contribution is 5.02. The van der Waals surface area contributed by atoms with E-state index >= 15 is 0 Å². The fourth-order valence-electron chi connectivity index (χ4n) is 5.35. The van der Waals surface area contributed by atoms with Crippen LogP contribution in [0.5, 0.6) is 0 Å². The van der Waals surface area contributed by atoms with Crippen molar-refractivity contribution in [3.05, 3.63) is 12.2 Å². The van der Waals surface area contributed by atoms with E-state index in [9.17, 15) is 0 Å². The van der Waals surface area contributed by atoms with Crippen LogP contribution in [0.25, 0.3) is 0 Å². The van der Waals surface area contributed by atoms with Gasteiger partial charge in [-0.05, 0) is 61.7 Å². The molecule has 18 heavy (non-hydrogen) atoms. The van der Waals surface area contributed by atoms with Crippen LogP contribution < -0.4 is 5.73 Å². The van der Waals surface area contributed by atoms with E-state index in [1.165, 1.54) is 32.1 Å². The van der Waals surface area contributed by atoms with Crippen molar-refractivity contribution in [2.24, 2.45) is 35.3 Å². The van der Waals surface area contributed by atoms with Gasteiger partial charge in [-0.2, -0.15) is 5.10 Å². The fraction of sp³-hybridized carbons (Fsp3) is 0.857. The first-order valence-electron chi connectivity index (χ1n) is 7.39. The molecule has 1 atom stereocenters. The molecular formula is C14H22N4. The molecule has 98 valence electrons. The maximum Gasteiger partial charge on any atom is 0.137 e. The van der Waals surface area contributed by atoms with Crippen molar-refractivity contribution in [1.29, 1.82) is 0 Å². The van der Waals surface area contributed by atoms with Crippen LogP contribution in [0.3, 0.4) is 0 Å². The molecule has 4 aliphatic rings. The largest absolute Gasteiger partial charge is 0.327 e. The highest BCUT2D eigenvalue weighted by Gasteiger charge is 2.49. The Balaban J connectivity index is 1.50. The summed E-state index contributed by atoms with van der Waals surface area (Å²) < 4.78 is 0. The second-order valence-corrected chi connectivity index (χ2v) is 6.81. The van der Waals surface area contributed by atoms with Gasteiger partial charge in [0, 0.05) is 12.5 Å². The SMILES string of the molecule is NC(Cc1ncn[nH]1)C1C2CC3CC(C2)CC1C3. The Morgan fingerprint density at radius 3 is 2.39 bits per heavy atom. The smallest absolute Gasteiger partial charge is 0.137 e. The molecule has 1 aromatic heterocycles. The first-order valence-corrected chi connectivity index (χ1v) is 7.39. The van der Waals surface area contributed by atoms with Gasteiger partial charge in [-0.3, -0.25) is 5.10 Å². The fourth-order valence-corrected chi connectivity index (χ4v) is 5.35. The maximum absolute atomic E-state index is 6.50. The van der Waals surface area contributed by atoms with Gasteiger partial charge in [0.1, 0.15) is 12.2 Å². The molecule has 0 radical (unpaired) electrons. The maximum atomic E-state index is 6.50. The number of rotatable bonds is 3. The third-order valence-corrected chi connectivity index (χ3v) is 5.69. The van der Waals surface area contributed by atoms with E-state index in [0.717, 1.165) is 41.8 Å². The van der Waals surface area contributed by atoms with E-state index < -0.39 is 0 Å². The Labute approximate surface area is 108 Å². The summed E-state index contributed by atoms with van der Waals surface area (Å²) in [7, 11) is 0. The van der Waals surface area contributed by atoms with Gasteiger partial charge in [0.2, 0.25) is 0 Å². The summed E-state index contributed by atoms with van der Waals surface area (Å²) in [4.78, 5) is 4.22. The highest BCUT2D eigenvalue weighted by Crippen LogP contribution is 2.57. The quantitative estimate of drug-likeness (QED) is 0.853. The van der Waals surface area contributed by atoms with Gasteiger partial charge in [0.05, 0.1) is 0 Å². The van der Waals surface area contributed by atoms with Crippen LogP contribution >= 0.6 is 0 Å². The zero-order chi connectivity index (χ0) is 12.1. The molecule has 5 rings (SSSR count). The number of nitrogens with one attached hydrogen (secondary N) is 1. The third-order valence-electron chi connectivity index (χ3n) is 5.69. The predicted octanol–water partition coefficient (Wildman–Crippen LogP) is 1.75. The van der Waals surface area contributed by atoms with Gasteiger partial charge >= 0.3 is 0 Å². The summed E-state index contributed by atoms with van der Waals surface area (Å²) in [5, 5.41) is 6.87. The molecule has 0 saturated heterocycles. The Hall–Kier alpha value is -0.900. The number of aromatic nitrogens is 3. The molecule has 0 spiro atoms. The molecule has 4 heteroatoms. The van der Waals surface area contributed by atoms with Crippen LogP contribution in [-0.4, -0.2) is 21.2 Å². The lowest BCUT2D eigenvalue weighted by Gasteiger charge is -2.56. The van der Waals surface area contributed by atoms with Crippen molar-refractivity contribution in [1.82, 2.24) is 15.2 Å². The number of aromatic amines is 1. The molecule has 0 amide bonds. The van der Waals surface area contributed by atoms with E-state index in [1.54, 1.807) is 6.33 Å². The molecule has 4 saturated carbocycles. The van der Waals surface area contributed by atoms with Gasteiger partial charge in [-0.1, -0.05) is 0 Å². The molecule has 4 fully saturated rings. The monoisotopic (exact) mass is 246 g/mol. The predicted molar refractivity (Wildman–Crippen MR) is 68.6 cm³/mol. The Morgan fingerprint density at radius 1 is 1.17 bits per heavy atom. The standard InChI is InChI=1S/C14H22N4/c15-12(6-13-16-7-17-18-13)14-10-2-8-1-9(4-10)5-11(14)3-8/h7-12,14H,1-6,15H2,(H,16,17,18). The lowest BCUT2D eigenvalue weighted by atomic mass is 9.50. The Bertz CT molecular complexity index is 385. The normalized spacial score (nSPS) is 43.3. The van der Waals surface area contributed by atoms with Crippen LogP contribution in [0, 0.1) is 29.6 Å². The number of nitrogens with two attached hydrogens (primary N) is 1. The molecule has 1 heterocycles. The van der Waals surface area contributed by atoms with E-state index in [4.69, 9.17) is 5.73 Å². The molecular weight excluding hydrogens is 224 g/mol. The van der Waals surface area contributed by atoms with Gasteiger partial charge in [0.25, 0.3) is 0 Å². The van der Waals surface area contributed by atoms with E-state index in [-0.39, 0.29) is 6.04 Å². The number of H-pyrrole nitrogens is 1. The zero-order valence-corrected chi connectivity index (χ0v) is 10.8. The highest BCUT2D eigenvalue weighted by atomic mass is 15.2. The molecule has 0 aliphatic heterocycles. The van der Waals surface area contributed by atoms with E-state index in [0.29, 0.717) is 0 Å². The molecule has 0 aromatic carbocycles. The van der Waals surface area contributed by atoms with E-state index in [2.05, 4.69) is 15.2 Å². The Morgan fingerprint density at radius 2 is 1.83 bits per heavy atom. The third kappa shape index (κ3) is 1.69. The van der Waals surface area contributed by atoms with Crippen molar-refractivity contribution >= 4 is 0 Å². The minimum Gasteiger partial charge on any atom is -0.327 e. The van der Waals surface area contributed by atoms with Crippen LogP contribution in [-0.2, 0) is 6.42 Å². The lowest BCUT2D eigenvalue weighted by Crippen LogP contribution is -2.52. The zero-order valence-electron chi connectivity index (χ0n) is 10.8. The van der Waals surface area contributed by atoms with Crippen LogP contribution in [0.15, 0.2) is 6.33 Å². The number of hydrogen-bond donors (Lipinski definition) is 2. The summed E-state index contributed by atoms with van der Waals surface area (Å²) in [5.41, 5.74) is 6.50. The average molecular weight is 246 g/mol. The van der Waals surface area contributed by atoms with Crippen LogP contribution in [0.2, 0.25) is 0 Å². The Kier molecular flexibility index (Phi) is 2.47. The average Bonchev–Trinajstić information content (AvgIpc) is 2.80. The summed E-state index contributed by atoms with van der Waals surface area (Å²) in [6.45, 7) is 0. The number of hydrogen-bond acceptors (Lipinski definition) is 3. The second kappa shape index (κ2) is 4.05. The second-order valence-electron chi connectivity index (χ2n) is 6.81. The lowest BCUT2D eigenvalue weighted by molar-refractivity contribution is -0.0466. The summed E-state index contributed by atoms with van der Waals surface area (Å²) in [5.74, 6) is 5.56. The molecule has 4 bridgehead atoms. The molecule has 4 nitrogen and oxygen atoms in total. The van der Waals surface area contributed by atoms with Crippen molar-refractivity contribution in [3.8, 4) is 0 Å². The minimum absolute atomic E-state index is 0.271. The van der Waals surface area contributed by atoms with Gasteiger partial charge in [-0.25, -0.2) is 4.98 Å². The first-order chi connectivity index (χ1) is 8.79. The topological polar surface area (TPSA) is 67.6 Å². The summed E-state index contributed by atoms with van der Waals surface area (Å²) in [6, 6.07) is 0.271. The first kappa shape index (κ1) is 11.0. The molecule has 4 aliphatic carbocycles.